The molecule has 34 heavy (non-hydrogen) atoms. The van der Waals surface area contributed by atoms with Crippen molar-refractivity contribution in [3.63, 3.8) is 0 Å². The Morgan fingerprint density at radius 3 is 2.44 bits per heavy atom. The molecule has 2 unspecified atom stereocenters. The predicted octanol–water partition coefficient (Wildman–Crippen LogP) is 1.50. The number of nitrogens with zero attached hydrogens (tertiary/aromatic N) is 5. The van der Waals surface area contributed by atoms with E-state index in [0.717, 1.165) is 0 Å². The van der Waals surface area contributed by atoms with Gasteiger partial charge in [-0.1, -0.05) is 0 Å². The third kappa shape index (κ3) is 4.16. The average molecular weight is 492 g/mol. The van der Waals surface area contributed by atoms with Crippen molar-refractivity contribution in [3.05, 3.63) is 36.4 Å². The highest BCUT2D eigenvalue weighted by Gasteiger charge is 2.53. The van der Waals surface area contributed by atoms with Crippen LogP contribution in [-0.2, 0) is 14.3 Å². The molecule has 0 spiro atoms. The monoisotopic (exact) mass is 491 g/mol. The van der Waals surface area contributed by atoms with Gasteiger partial charge in [-0.05, 0) is 13.0 Å². The zero-order valence-corrected chi connectivity index (χ0v) is 19.4. The number of amides is 3. The van der Waals surface area contributed by atoms with Gasteiger partial charge in [-0.25, -0.2) is 14.4 Å². The van der Waals surface area contributed by atoms with Crippen LogP contribution < -0.4 is 15.1 Å². The van der Waals surface area contributed by atoms with Crippen LogP contribution >= 0.6 is 11.6 Å². The van der Waals surface area contributed by atoms with E-state index in [1.54, 1.807) is 11.0 Å². The van der Waals surface area contributed by atoms with Gasteiger partial charge in [0.1, 0.15) is 30.5 Å². The number of primary amides is 1. The fourth-order valence-electron chi connectivity index (χ4n) is 4.36. The highest BCUT2D eigenvalue weighted by atomic mass is 35.5. The Hall–Kier alpha value is -3.31. The smallest absolute Gasteiger partial charge is 0.414 e. The summed E-state index contributed by atoms with van der Waals surface area (Å²) in [5.41, 5.74) is 6.47. The van der Waals surface area contributed by atoms with Crippen LogP contribution in [0, 0.1) is 5.82 Å². The van der Waals surface area contributed by atoms with E-state index in [2.05, 4.69) is 9.97 Å². The van der Waals surface area contributed by atoms with Gasteiger partial charge in [-0.2, -0.15) is 9.28 Å². The third-order valence-corrected chi connectivity index (χ3v) is 6.69. The van der Waals surface area contributed by atoms with Crippen molar-refractivity contribution in [1.82, 2.24) is 19.4 Å². The molecule has 0 aliphatic carbocycles. The Kier molecular flexibility index (Phi) is 6.67. The molecule has 2 atom stereocenters. The lowest BCUT2D eigenvalue weighted by molar-refractivity contribution is -0.128. The van der Waals surface area contributed by atoms with Crippen LogP contribution in [0.15, 0.2) is 30.6 Å². The molecule has 4 rings (SSSR count). The number of piperazine rings is 1. The summed E-state index contributed by atoms with van der Waals surface area (Å²) in [6.45, 7) is 4.02. The summed E-state index contributed by atoms with van der Waals surface area (Å²) in [6, 6.07) is 3.43. The second-order valence-corrected chi connectivity index (χ2v) is 8.49. The maximum atomic E-state index is 15.2. The lowest BCUT2D eigenvalue weighted by atomic mass is 10.1. The fourth-order valence-corrected chi connectivity index (χ4v) is 4.53. The van der Waals surface area contributed by atoms with Gasteiger partial charge in [-0.15, -0.1) is 11.6 Å². The number of rotatable bonds is 6. The highest BCUT2D eigenvalue weighted by Crippen LogP contribution is 2.35. The second-order valence-electron chi connectivity index (χ2n) is 8.22. The van der Waals surface area contributed by atoms with Crippen molar-refractivity contribution in [1.29, 1.82) is 0 Å². The maximum absolute atomic E-state index is 15.2. The number of carbonyl (C=O) groups is 3. The quantitative estimate of drug-likeness (QED) is 0.480. The molecule has 0 bridgehead atoms. The first-order valence-corrected chi connectivity index (χ1v) is 11.4. The lowest BCUT2D eigenvalue weighted by Gasteiger charge is -2.34. The Bertz CT molecular complexity index is 1110. The summed E-state index contributed by atoms with van der Waals surface area (Å²) in [5.74, 6) is -0.930. The minimum atomic E-state index is -0.914. The molecule has 12 heteroatoms. The molecule has 1 aromatic carbocycles. The molecule has 2 fully saturated rings. The van der Waals surface area contributed by atoms with E-state index >= 15 is 4.39 Å². The Labute approximate surface area is 200 Å². The maximum Gasteiger partial charge on any atom is 0.522 e. The number of alkyl halides is 1. The molecule has 0 saturated carbocycles. The molecule has 1 aromatic heterocycles. The Balaban J connectivity index is 1.54. The molecular weight excluding hydrogens is 467 g/mol. The molecule has 3 heterocycles. The number of benzene rings is 1. The van der Waals surface area contributed by atoms with Crippen molar-refractivity contribution in [2.45, 2.75) is 13.0 Å². The van der Waals surface area contributed by atoms with Crippen molar-refractivity contribution >= 4 is 41.1 Å². The van der Waals surface area contributed by atoms with E-state index in [4.69, 9.17) is 22.1 Å². The normalized spacial score (nSPS) is 21.3. The van der Waals surface area contributed by atoms with Gasteiger partial charge in [-0.3, -0.25) is 9.59 Å². The van der Waals surface area contributed by atoms with Gasteiger partial charge >= 0.3 is 6.09 Å². The van der Waals surface area contributed by atoms with Crippen LogP contribution in [0.5, 0.6) is 0 Å². The first-order chi connectivity index (χ1) is 16.3. The van der Waals surface area contributed by atoms with Gasteiger partial charge in [0.2, 0.25) is 11.9 Å². The molecule has 2 aromatic rings. The van der Waals surface area contributed by atoms with E-state index in [1.807, 2.05) is 4.90 Å². The number of hydrogen-bond donors (Lipinski definition) is 1. The van der Waals surface area contributed by atoms with E-state index in [9.17, 15) is 14.4 Å². The minimum Gasteiger partial charge on any atom is -0.414 e. The largest absolute Gasteiger partial charge is 0.522 e. The van der Waals surface area contributed by atoms with Gasteiger partial charge in [0.25, 0.3) is 5.91 Å². The van der Waals surface area contributed by atoms with Crippen molar-refractivity contribution in [3.8, 4) is 11.1 Å². The van der Waals surface area contributed by atoms with Crippen LogP contribution in [0.4, 0.5) is 20.8 Å². The third-order valence-electron chi connectivity index (χ3n) is 6.46. The summed E-state index contributed by atoms with van der Waals surface area (Å²) in [6.07, 6.45) is 2.41. The van der Waals surface area contributed by atoms with Gasteiger partial charge in [0.15, 0.2) is 6.04 Å². The van der Waals surface area contributed by atoms with Crippen LogP contribution in [-0.4, -0.2) is 84.0 Å². The van der Waals surface area contributed by atoms with Crippen LogP contribution in [0.3, 0.4) is 0 Å². The number of carbonyl (C=O) groups excluding carboxylic acids is 3. The SMILES string of the molecule is CC(C(N)=O)[N+]1(c2ccc(-c3cnc(N4CCN(C(=O)CCl)CC4)nc3)c(F)c2)CCOC1=O. The van der Waals surface area contributed by atoms with Crippen LogP contribution in [0.25, 0.3) is 11.1 Å². The van der Waals surface area contributed by atoms with Crippen molar-refractivity contribution < 1.29 is 23.5 Å². The standard InChI is InChI=1S/C22H24ClFN6O4/c1-14(20(25)32)30(8-9-34-22(30)33)16-2-3-17(18(24)10-16)15-12-26-21(27-13-15)29-6-4-28(5-7-29)19(31)11-23/h2-3,10,12-14H,4-9,11H2,1H3,(H-,25,32)/p+1. The van der Waals surface area contributed by atoms with Crippen LogP contribution in [0.1, 0.15) is 6.92 Å². The van der Waals surface area contributed by atoms with Gasteiger partial charge in [0.05, 0.1) is 0 Å². The van der Waals surface area contributed by atoms with Gasteiger partial charge in [0, 0.05) is 61.8 Å². The molecule has 180 valence electrons. The summed E-state index contributed by atoms with van der Waals surface area (Å²) in [4.78, 5) is 48.5. The van der Waals surface area contributed by atoms with E-state index in [-0.39, 0.29) is 36.2 Å². The fraction of sp³-hybridized carbons (Fsp3) is 0.409. The van der Waals surface area contributed by atoms with E-state index < -0.39 is 28.3 Å². The molecule has 2 aliphatic heterocycles. The topological polar surface area (TPSA) is 119 Å². The lowest BCUT2D eigenvalue weighted by Crippen LogP contribution is -2.61. The first-order valence-electron chi connectivity index (χ1n) is 10.8. The van der Waals surface area contributed by atoms with Crippen LogP contribution in [0.2, 0.25) is 0 Å². The first kappa shape index (κ1) is 23.8. The zero-order valence-electron chi connectivity index (χ0n) is 18.6. The number of halogens is 2. The van der Waals surface area contributed by atoms with E-state index in [0.29, 0.717) is 37.7 Å². The summed E-state index contributed by atoms with van der Waals surface area (Å²) < 4.78 is 19.8. The average Bonchev–Trinajstić information content (AvgIpc) is 3.25. The minimum absolute atomic E-state index is 0.0435. The molecule has 2 saturated heterocycles. The highest BCUT2D eigenvalue weighted by molar-refractivity contribution is 6.27. The predicted molar refractivity (Wildman–Crippen MR) is 124 cm³/mol. The number of hydrogen-bond acceptors (Lipinski definition) is 7. The zero-order chi connectivity index (χ0) is 24.5. The summed E-state index contributed by atoms with van der Waals surface area (Å²) in [5, 5.41) is 0. The molecule has 3 amide bonds. The van der Waals surface area contributed by atoms with Crippen molar-refractivity contribution in [2.75, 3.05) is 50.1 Å². The number of cyclic esters (lactones) is 1. The number of aromatic nitrogens is 2. The molecule has 10 nitrogen and oxygen atoms in total. The Morgan fingerprint density at radius 2 is 1.91 bits per heavy atom. The molecular formula is C22H25ClFN6O4+. The number of anilines is 1. The number of nitrogens with two attached hydrogens (primary N) is 1. The molecule has 2 N–H and O–H groups in total. The Morgan fingerprint density at radius 1 is 1.24 bits per heavy atom. The molecule has 0 radical (unpaired) electrons. The second kappa shape index (κ2) is 9.51. The summed E-state index contributed by atoms with van der Waals surface area (Å²) in [7, 11) is 0. The number of ether oxygens (including phenoxy) is 1. The van der Waals surface area contributed by atoms with Gasteiger partial charge < -0.3 is 20.3 Å². The number of quaternary nitrogens is 1. The van der Waals surface area contributed by atoms with E-state index in [1.165, 1.54) is 31.5 Å². The summed E-state index contributed by atoms with van der Waals surface area (Å²) >= 11 is 5.61. The van der Waals surface area contributed by atoms with Crippen molar-refractivity contribution in [2.24, 2.45) is 5.73 Å². The molecule has 2 aliphatic rings.